The number of rotatable bonds is 9. The monoisotopic (exact) mass is 566 g/mol. The highest BCUT2D eigenvalue weighted by Crippen LogP contribution is 2.40. The van der Waals surface area contributed by atoms with E-state index in [0.29, 0.717) is 23.7 Å². The molecular formula is C30H35FN4O4S. The molecule has 2 aromatic carbocycles. The highest BCUT2D eigenvalue weighted by Gasteiger charge is 2.41. The van der Waals surface area contributed by atoms with Gasteiger partial charge in [-0.25, -0.2) is 9.18 Å². The molecule has 2 atom stereocenters. The Hall–Kier alpha value is -3.63. The van der Waals surface area contributed by atoms with E-state index in [0.717, 1.165) is 38.9 Å². The maximum Gasteiger partial charge on any atom is 0.334 e. The second-order valence-electron chi connectivity index (χ2n) is 10.4. The van der Waals surface area contributed by atoms with Crippen LogP contribution in [0.5, 0.6) is 0 Å². The van der Waals surface area contributed by atoms with Gasteiger partial charge in [-0.15, -0.1) is 0 Å². The Morgan fingerprint density at radius 3 is 2.42 bits per heavy atom. The quantitative estimate of drug-likeness (QED) is 0.248. The Balaban J connectivity index is 1.33. The van der Waals surface area contributed by atoms with Gasteiger partial charge in [-0.1, -0.05) is 36.4 Å². The number of carbonyl (C=O) groups is 2. The van der Waals surface area contributed by atoms with Crippen LogP contribution in [-0.2, 0) is 9.59 Å². The third-order valence-electron chi connectivity index (χ3n) is 7.72. The van der Waals surface area contributed by atoms with Crippen LogP contribution >= 0.6 is 12.2 Å². The maximum absolute atomic E-state index is 14.7. The summed E-state index contributed by atoms with van der Waals surface area (Å²) in [5.74, 6) is -4.64. The van der Waals surface area contributed by atoms with E-state index in [9.17, 15) is 24.2 Å². The molecule has 0 bridgehead atoms. The van der Waals surface area contributed by atoms with Gasteiger partial charge >= 0.3 is 11.9 Å². The molecule has 212 valence electrons. The number of carboxylic acid groups (broad SMARTS) is 2. The largest absolute Gasteiger partial charge is 0.481 e. The summed E-state index contributed by atoms with van der Waals surface area (Å²) in [6, 6.07) is 14.7. The molecule has 2 aliphatic rings. The summed E-state index contributed by atoms with van der Waals surface area (Å²) in [4.78, 5) is 30.7. The summed E-state index contributed by atoms with van der Waals surface area (Å²) in [6.45, 7) is 6.73. The molecule has 1 saturated heterocycles. The zero-order valence-corrected chi connectivity index (χ0v) is 23.5. The molecule has 2 unspecified atom stereocenters. The van der Waals surface area contributed by atoms with Gasteiger partial charge in [-0.05, 0) is 94.1 Å². The first kappa shape index (κ1) is 29.4. The number of thiocarbonyl (C=S) groups is 1. The topological polar surface area (TPSA) is 114 Å². The fourth-order valence-corrected chi connectivity index (χ4v) is 5.93. The first-order valence-electron chi connectivity index (χ1n) is 13.5. The van der Waals surface area contributed by atoms with Crippen molar-refractivity contribution in [3.8, 4) is 0 Å². The van der Waals surface area contributed by atoms with E-state index in [4.69, 9.17) is 12.2 Å². The second-order valence-corrected chi connectivity index (χ2v) is 10.8. The minimum absolute atomic E-state index is 0.0460. The van der Waals surface area contributed by atoms with E-state index < -0.39 is 29.6 Å². The number of halogens is 1. The standard InChI is InChI=1S/C30H35FN4O4S/c1-18-25(28(36)37)27(26(29(38)39)19(2)33-18)22-9-10-23(31)24(17-22)34-30(40)32-13-6-14-35-15-11-21(12-16-35)20-7-4-3-5-8-20/h3-5,7-10,17,21,25,27H,6,11-16H2,1-2H3,(H,36,37)(H,38,39)(H2,32,34,40). The molecule has 0 amide bonds. The summed E-state index contributed by atoms with van der Waals surface area (Å²) in [5, 5.41) is 25.9. The molecule has 0 saturated carbocycles. The van der Waals surface area contributed by atoms with Gasteiger partial charge < -0.3 is 25.7 Å². The third kappa shape index (κ3) is 6.92. The predicted octanol–water partition coefficient (Wildman–Crippen LogP) is 5.00. The molecule has 2 aromatic rings. The number of hydrogen-bond acceptors (Lipinski definition) is 5. The van der Waals surface area contributed by atoms with Crippen molar-refractivity contribution in [2.75, 3.05) is 31.5 Å². The average molecular weight is 567 g/mol. The molecule has 1 fully saturated rings. The SMILES string of the molecule is CC1=NC(C)=C(C(=O)O)C(c2ccc(F)c(NC(=S)NCCCN3CCC(c4ccccc4)CC3)c2)C1C(=O)O. The number of carboxylic acids is 2. The van der Waals surface area contributed by atoms with Crippen molar-refractivity contribution in [3.05, 3.63) is 76.7 Å². The molecule has 0 spiro atoms. The number of hydrogen-bond donors (Lipinski definition) is 4. The van der Waals surface area contributed by atoms with Gasteiger partial charge in [0.25, 0.3) is 0 Å². The number of benzene rings is 2. The molecule has 2 heterocycles. The van der Waals surface area contributed by atoms with Crippen molar-refractivity contribution < 1.29 is 24.2 Å². The first-order valence-corrected chi connectivity index (χ1v) is 13.9. The minimum atomic E-state index is -1.26. The summed E-state index contributed by atoms with van der Waals surface area (Å²) in [6.07, 6.45) is 3.15. The van der Waals surface area contributed by atoms with Crippen LogP contribution in [0.3, 0.4) is 0 Å². The molecule has 4 N–H and O–H groups in total. The number of nitrogens with one attached hydrogen (secondary N) is 2. The molecular weight excluding hydrogens is 531 g/mol. The average Bonchev–Trinajstić information content (AvgIpc) is 2.92. The lowest BCUT2D eigenvalue weighted by molar-refractivity contribution is -0.140. The van der Waals surface area contributed by atoms with Crippen LogP contribution in [0.25, 0.3) is 0 Å². The number of aliphatic imine (C=N–C) groups is 1. The van der Waals surface area contributed by atoms with Gasteiger partial charge in [0.15, 0.2) is 5.11 Å². The van der Waals surface area contributed by atoms with Crippen molar-refractivity contribution in [1.29, 1.82) is 0 Å². The lowest BCUT2D eigenvalue weighted by Gasteiger charge is -2.32. The van der Waals surface area contributed by atoms with Crippen molar-refractivity contribution in [2.45, 2.75) is 44.9 Å². The van der Waals surface area contributed by atoms with Gasteiger partial charge in [0.1, 0.15) is 11.7 Å². The molecule has 4 rings (SSSR count). The van der Waals surface area contributed by atoms with Crippen LogP contribution in [0.1, 0.15) is 56.1 Å². The van der Waals surface area contributed by atoms with Gasteiger partial charge in [-0.2, -0.15) is 0 Å². The van der Waals surface area contributed by atoms with Crippen molar-refractivity contribution >= 4 is 40.7 Å². The summed E-state index contributed by atoms with van der Waals surface area (Å²) >= 11 is 5.38. The Morgan fingerprint density at radius 2 is 1.77 bits per heavy atom. The highest BCUT2D eigenvalue weighted by molar-refractivity contribution is 7.80. The maximum atomic E-state index is 14.7. The number of likely N-dealkylation sites (tertiary alicyclic amines) is 1. The number of aliphatic carboxylic acids is 2. The summed E-state index contributed by atoms with van der Waals surface area (Å²) in [5.41, 5.74) is 2.21. The van der Waals surface area contributed by atoms with Crippen molar-refractivity contribution in [1.82, 2.24) is 10.2 Å². The third-order valence-corrected chi connectivity index (χ3v) is 7.96. The normalized spacial score (nSPS) is 20.1. The zero-order valence-electron chi connectivity index (χ0n) is 22.7. The van der Waals surface area contributed by atoms with Crippen LogP contribution in [0, 0.1) is 11.7 Å². The van der Waals surface area contributed by atoms with E-state index in [-0.39, 0.29) is 22.1 Å². The van der Waals surface area contributed by atoms with Gasteiger partial charge in [-0.3, -0.25) is 9.79 Å². The van der Waals surface area contributed by atoms with Gasteiger partial charge in [0.05, 0.1) is 11.3 Å². The highest BCUT2D eigenvalue weighted by atomic mass is 32.1. The van der Waals surface area contributed by atoms with Crippen LogP contribution in [-0.4, -0.2) is 64.1 Å². The Labute approximate surface area is 239 Å². The number of allylic oxidation sites excluding steroid dienone is 1. The fraction of sp³-hybridized carbons (Fsp3) is 0.400. The van der Waals surface area contributed by atoms with Gasteiger partial charge in [0.2, 0.25) is 0 Å². The summed E-state index contributed by atoms with van der Waals surface area (Å²) in [7, 11) is 0. The summed E-state index contributed by atoms with van der Waals surface area (Å²) < 4.78 is 14.7. The zero-order chi connectivity index (χ0) is 28.8. The Kier molecular flexibility index (Phi) is 9.65. The number of nitrogens with zero attached hydrogens (tertiary/aromatic N) is 2. The number of anilines is 1. The van der Waals surface area contributed by atoms with Crippen molar-refractivity contribution in [2.24, 2.45) is 10.9 Å². The smallest absolute Gasteiger partial charge is 0.334 e. The van der Waals surface area contributed by atoms with E-state index in [1.165, 1.54) is 30.7 Å². The van der Waals surface area contributed by atoms with Crippen LogP contribution in [0.15, 0.2) is 64.8 Å². The minimum Gasteiger partial charge on any atom is -0.481 e. The predicted molar refractivity (Wildman–Crippen MR) is 157 cm³/mol. The van der Waals surface area contributed by atoms with E-state index in [2.05, 4.69) is 44.8 Å². The molecule has 10 heteroatoms. The molecule has 40 heavy (non-hydrogen) atoms. The second kappa shape index (κ2) is 13.1. The first-order chi connectivity index (χ1) is 19.2. The van der Waals surface area contributed by atoms with Gasteiger partial charge in [0, 0.05) is 23.9 Å². The molecule has 8 nitrogen and oxygen atoms in total. The van der Waals surface area contributed by atoms with Crippen molar-refractivity contribution in [3.63, 3.8) is 0 Å². The van der Waals surface area contributed by atoms with E-state index >= 15 is 0 Å². The van der Waals surface area contributed by atoms with Crippen LogP contribution in [0.2, 0.25) is 0 Å². The Morgan fingerprint density at radius 1 is 1.07 bits per heavy atom. The lowest BCUT2D eigenvalue weighted by Crippen LogP contribution is -2.36. The van der Waals surface area contributed by atoms with Crippen LogP contribution < -0.4 is 10.6 Å². The molecule has 2 aliphatic heterocycles. The number of piperidine rings is 1. The van der Waals surface area contributed by atoms with E-state index in [1.807, 2.05) is 6.07 Å². The molecule has 0 aliphatic carbocycles. The van der Waals surface area contributed by atoms with Crippen LogP contribution in [0.4, 0.5) is 10.1 Å². The van der Waals surface area contributed by atoms with E-state index in [1.54, 1.807) is 6.92 Å². The molecule has 0 aromatic heterocycles. The fourth-order valence-electron chi connectivity index (χ4n) is 5.71. The molecule has 0 radical (unpaired) electrons. The Bertz CT molecular complexity index is 1320. The lowest BCUT2D eigenvalue weighted by atomic mass is 9.75.